The lowest BCUT2D eigenvalue weighted by Gasteiger charge is -2.12. The highest BCUT2D eigenvalue weighted by Gasteiger charge is 2.14. The Morgan fingerprint density at radius 3 is 2.78 bits per heavy atom. The Bertz CT molecular complexity index is 540. The maximum atomic E-state index is 13.1. The summed E-state index contributed by atoms with van der Waals surface area (Å²) >= 11 is 0. The van der Waals surface area contributed by atoms with E-state index in [2.05, 4.69) is 4.98 Å². The number of rotatable bonds is 4. The number of nitrogens with zero attached hydrogens (tertiary/aromatic N) is 2. The fraction of sp³-hybridized carbons (Fsp3) is 0.308. The average molecular weight is 252 g/mol. The third kappa shape index (κ3) is 2.56. The van der Waals surface area contributed by atoms with E-state index < -0.39 is 17.7 Å². The molecule has 1 N–H and O–H groups in total. The normalized spacial score (nSPS) is 12.7. The summed E-state index contributed by atoms with van der Waals surface area (Å²) in [5, 5.41) is 9.99. The lowest BCUT2D eigenvalue weighted by atomic mass is 10.1. The highest BCUT2D eigenvalue weighted by Crippen LogP contribution is 2.19. The first-order valence-electron chi connectivity index (χ1n) is 5.74. The SMILES string of the molecule is CCn1ccnc1CC(O)c1ccc(F)c(F)c1. The standard InChI is InChI=1S/C13H14F2N2O/c1-2-17-6-5-16-13(17)8-12(18)9-3-4-10(14)11(15)7-9/h3-7,12,18H,2,8H2,1H3. The van der Waals surface area contributed by atoms with E-state index in [1.807, 2.05) is 17.7 Å². The van der Waals surface area contributed by atoms with Gasteiger partial charge in [-0.05, 0) is 24.6 Å². The molecule has 0 saturated heterocycles. The van der Waals surface area contributed by atoms with Crippen LogP contribution in [-0.2, 0) is 13.0 Å². The largest absolute Gasteiger partial charge is 0.388 e. The second-order valence-corrected chi connectivity index (χ2v) is 4.02. The first kappa shape index (κ1) is 12.7. The number of hydrogen-bond acceptors (Lipinski definition) is 2. The lowest BCUT2D eigenvalue weighted by molar-refractivity contribution is 0.174. The van der Waals surface area contributed by atoms with Crippen LogP contribution in [0.1, 0.15) is 24.4 Å². The van der Waals surface area contributed by atoms with Gasteiger partial charge in [-0.1, -0.05) is 6.07 Å². The fourth-order valence-electron chi connectivity index (χ4n) is 1.83. The van der Waals surface area contributed by atoms with Gasteiger partial charge in [0, 0.05) is 25.4 Å². The van der Waals surface area contributed by atoms with Crippen LogP contribution < -0.4 is 0 Å². The Kier molecular flexibility index (Phi) is 3.72. The molecule has 1 aromatic carbocycles. The van der Waals surface area contributed by atoms with Crippen molar-refractivity contribution in [2.75, 3.05) is 0 Å². The van der Waals surface area contributed by atoms with E-state index in [0.29, 0.717) is 5.56 Å². The monoisotopic (exact) mass is 252 g/mol. The molecule has 0 saturated carbocycles. The van der Waals surface area contributed by atoms with Gasteiger partial charge in [-0.15, -0.1) is 0 Å². The topological polar surface area (TPSA) is 38.0 Å². The van der Waals surface area contributed by atoms with Crippen LogP contribution in [0.15, 0.2) is 30.6 Å². The summed E-state index contributed by atoms with van der Waals surface area (Å²) in [5.41, 5.74) is 0.347. The van der Waals surface area contributed by atoms with Crippen LogP contribution >= 0.6 is 0 Å². The molecule has 1 heterocycles. The van der Waals surface area contributed by atoms with Gasteiger partial charge in [0.25, 0.3) is 0 Å². The number of aromatic nitrogens is 2. The van der Waals surface area contributed by atoms with Gasteiger partial charge < -0.3 is 9.67 Å². The molecule has 0 fully saturated rings. The molecule has 0 aliphatic carbocycles. The molecule has 0 radical (unpaired) electrons. The van der Waals surface area contributed by atoms with Gasteiger partial charge in [-0.3, -0.25) is 0 Å². The second-order valence-electron chi connectivity index (χ2n) is 4.02. The molecule has 0 spiro atoms. The molecule has 3 nitrogen and oxygen atoms in total. The molecule has 0 aliphatic rings. The van der Waals surface area contributed by atoms with Crippen LogP contribution in [0, 0.1) is 11.6 Å². The zero-order valence-corrected chi connectivity index (χ0v) is 9.98. The zero-order chi connectivity index (χ0) is 13.1. The third-order valence-electron chi connectivity index (χ3n) is 2.85. The molecule has 96 valence electrons. The molecule has 5 heteroatoms. The van der Waals surface area contributed by atoms with Crippen LogP contribution in [-0.4, -0.2) is 14.7 Å². The first-order valence-corrected chi connectivity index (χ1v) is 5.74. The van der Waals surface area contributed by atoms with Crippen molar-refractivity contribution in [3.05, 3.63) is 53.6 Å². The molecule has 1 atom stereocenters. The number of benzene rings is 1. The molecule has 2 rings (SSSR count). The molecular formula is C13H14F2N2O. The highest BCUT2D eigenvalue weighted by atomic mass is 19.2. The van der Waals surface area contributed by atoms with E-state index in [1.54, 1.807) is 6.20 Å². The lowest BCUT2D eigenvalue weighted by Crippen LogP contribution is -2.08. The van der Waals surface area contributed by atoms with Gasteiger partial charge in [0.2, 0.25) is 0 Å². The van der Waals surface area contributed by atoms with Crippen molar-refractivity contribution in [1.29, 1.82) is 0 Å². The molecular weight excluding hydrogens is 238 g/mol. The molecule has 1 unspecified atom stereocenters. The van der Waals surface area contributed by atoms with Crippen molar-refractivity contribution in [1.82, 2.24) is 9.55 Å². The van der Waals surface area contributed by atoms with E-state index in [4.69, 9.17) is 0 Å². The number of aryl methyl sites for hydroxylation is 1. The van der Waals surface area contributed by atoms with Gasteiger partial charge in [0.1, 0.15) is 5.82 Å². The smallest absolute Gasteiger partial charge is 0.159 e. The summed E-state index contributed by atoms with van der Waals surface area (Å²) in [4.78, 5) is 4.13. The predicted octanol–water partition coefficient (Wildman–Crippen LogP) is 2.46. The summed E-state index contributed by atoms with van der Waals surface area (Å²) in [5.74, 6) is -1.15. The molecule has 0 amide bonds. The third-order valence-corrected chi connectivity index (χ3v) is 2.85. The maximum Gasteiger partial charge on any atom is 0.159 e. The first-order chi connectivity index (χ1) is 8.61. The second kappa shape index (κ2) is 5.27. The average Bonchev–Trinajstić information content (AvgIpc) is 2.79. The number of hydrogen-bond donors (Lipinski definition) is 1. The van der Waals surface area contributed by atoms with Crippen LogP contribution in [0.5, 0.6) is 0 Å². The van der Waals surface area contributed by atoms with Crippen molar-refractivity contribution >= 4 is 0 Å². The van der Waals surface area contributed by atoms with E-state index in [9.17, 15) is 13.9 Å². The Balaban J connectivity index is 2.16. The van der Waals surface area contributed by atoms with Crippen molar-refractivity contribution in [3.63, 3.8) is 0 Å². The Morgan fingerprint density at radius 2 is 2.11 bits per heavy atom. The maximum absolute atomic E-state index is 13.1. The molecule has 0 bridgehead atoms. The number of halogens is 2. The van der Waals surface area contributed by atoms with Gasteiger partial charge in [-0.2, -0.15) is 0 Å². The summed E-state index contributed by atoms with van der Waals surface area (Å²) < 4.78 is 27.7. The van der Waals surface area contributed by atoms with E-state index in [-0.39, 0.29) is 6.42 Å². The van der Waals surface area contributed by atoms with Gasteiger partial charge in [0.15, 0.2) is 11.6 Å². The van der Waals surface area contributed by atoms with Crippen LogP contribution in [0.25, 0.3) is 0 Å². The Labute approximate surface area is 104 Å². The van der Waals surface area contributed by atoms with E-state index >= 15 is 0 Å². The number of aliphatic hydroxyl groups excluding tert-OH is 1. The van der Waals surface area contributed by atoms with Crippen molar-refractivity contribution in [3.8, 4) is 0 Å². The fourth-order valence-corrected chi connectivity index (χ4v) is 1.83. The van der Waals surface area contributed by atoms with Crippen LogP contribution in [0.3, 0.4) is 0 Å². The molecule has 2 aromatic rings. The minimum absolute atomic E-state index is 0.270. The molecule has 1 aromatic heterocycles. The predicted molar refractivity (Wildman–Crippen MR) is 62.9 cm³/mol. The summed E-state index contributed by atoms with van der Waals surface area (Å²) in [7, 11) is 0. The van der Waals surface area contributed by atoms with Gasteiger partial charge in [-0.25, -0.2) is 13.8 Å². The van der Waals surface area contributed by atoms with E-state index in [1.165, 1.54) is 6.07 Å². The molecule has 18 heavy (non-hydrogen) atoms. The quantitative estimate of drug-likeness (QED) is 0.907. The minimum Gasteiger partial charge on any atom is -0.388 e. The zero-order valence-electron chi connectivity index (χ0n) is 9.98. The number of aliphatic hydroxyl groups is 1. The summed E-state index contributed by atoms with van der Waals surface area (Å²) in [6.45, 7) is 2.72. The number of imidazole rings is 1. The van der Waals surface area contributed by atoms with Crippen molar-refractivity contribution in [2.45, 2.75) is 26.0 Å². The minimum atomic E-state index is -0.953. The van der Waals surface area contributed by atoms with Gasteiger partial charge in [0.05, 0.1) is 6.10 Å². The summed E-state index contributed by atoms with van der Waals surface area (Å²) in [6, 6.07) is 3.40. The highest BCUT2D eigenvalue weighted by molar-refractivity contribution is 5.21. The van der Waals surface area contributed by atoms with E-state index in [0.717, 1.165) is 24.5 Å². The molecule has 0 aliphatic heterocycles. The van der Waals surface area contributed by atoms with Crippen LogP contribution in [0.4, 0.5) is 8.78 Å². The summed E-state index contributed by atoms with van der Waals surface area (Å²) in [6.07, 6.45) is 2.84. The van der Waals surface area contributed by atoms with Crippen molar-refractivity contribution < 1.29 is 13.9 Å². The Morgan fingerprint density at radius 1 is 1.33 bits per heavy atom. The van der Waals surface area contributed by atoms with Crippen LogP contribution in [0.2, 0.25) is 0 Å². The van der Waals surface area contributed by atoms with Crippen molar-refractivity contribution in [2.24, 2.45) is 0 Å². The van der Waals surface area contributed by atoms with Gasteiger partial charge >= 0.3 is 0 Å². The Hall–Kier alpha value is -1.75.